The fourth-order valence-corrected chi connectivity index (χ4v) is 6.93. The van der Waals surface area contributed by atoms with E-state index in [1.165, 1.54) is 11.4 Å². The van der Waals surface area contributed by atoms with Gasteiger partial charge in [0, 0.05) is 10.1 Å². The van der Waals surface area contributed by atoms with Crippen molar-refractivity contribution >= 4 is 44.2 Å². The zero-order valence-electron chi connectivity index (χ0n) is 18.9. The summed E-state index contributed by atoms with van der Waals surface area (Å²) in [5.41, 5.74) is 4.45. The first-order valence-electron chi connectivity index (χ1n) is 10.6. The molecule has 0 bridgehead atoms. The number of benzene rings is 3. The maximum Gasteiger partial charge on any atom is 0.335 e. The molecule has 0 saturated carbocycles. The predicted molar refractivity (Wildman–Crippen MR) is 142 cm³/mol. The van der Waals surface area contributed by atoms with E-state index < -0.39 is 22.0 Å². The minimum atomic E-state index is -3.99. The third-order valence-corrected chi connectivity index (χ3v) is 8.55. The second kappa shape index (κ2) is 9.85. The fraction of sp³-hybridized carbons (Fsp3) is 0.148. The van der Waals surface area contributed by atoms with Crippen LogP contribution in [0.3, 0.4) is 0 Å². The van der Waals surface area contributed by atoms with Gasteiger partial charge in [-0.15, -0.1) is 0 Å². The topological polar surface area (TPSA) is 63.7 Å². The molecule has 0 unspecified atom stereocenters. The fourth-order valence-electron chi connectivity index (χ4n) is 4.16. The van der Waals surface area contributed by atoms with Crippen molar-refractivity contribution in [2.45, 2.75) is 17.9 Å². The third kappa shape index (κ3) is 4.47. The van der Waals surface area contributed by atoms with Crippen molar-refractivity contribution in [2.24, 2.45) is 0 Å². The first-order valence-corrected chi connectivity index (χ1v) is 13.2. The molecule has 1 aliphatic rings. The van der Waals surface area contributed by atoms with Crippen LogP contribution in [-0.4, -0.2) is 32.3 Å². The molecule has 34 heavy (non-hydrogen) atoms. The Labute approximate surface area is 214 Å². The zero-order valence-corrected chi connectivity index (χ0v) is 21.8. The molecule has 174 valence electrons. The van der Waals surface area contributed by atoms with Crippen LogP contribution in [0.5, 0.6) is 0 Å². The Morgan fingerprint density at radius 1 is 1.00 bits per heavy atom. The number of carbonyl (C=O) groups is 1. The van der Waals surface area contributed by atoms with Crippen LogP contribution in [0.15, 0.2) is 99.5 Å². The summed E-state index contributed by atoms with van der Waals surface area (Å²) in [6, 6.07) is 23.2. The Morgan fingerprint density at radius 2 is 1.62 bits per heavy atom. The Balaban J connectivity index is 2.00. The van der Waals surface area contributed by atoms with Gasteiger partial charge in [0.15, 0.2) is 0 Å². The highest BCUT2D eigenvalue weighted by Gasteiger charge is 2.40. The van der Waals surface area contributed by atoms with E-state index in [4.69, 9.17) is 4.74 Å². The minimum Gasteiger partial charge on any atom is -0.466 e. The van der Waals surface area contributed by atoms with E-state index >= 15 is 0 Å². The summed E-state index contributed by atoms with van der Waals surface area (Å²) in [6.45, 7) is 5.96. The van der Waals surface area contributed by atoms with Gasteiger partial charge in [0.25, 0.3) is 0 Å². The average molecular weight is 585 g/mol. The summed E-state index contributed by atoms with van der Waals surface area (Å²) in [5, 5.41) is 0. The van der Waals surface area contributed by atoms with Crippen molar-refractivity contribution < 1.29 is 17.9 Å². The summed E-state index contributed by atoms with van der Waals surface area (Å²) in [7, 11) is -2.72. The smallest absolute Gasteiger partial charge is 0.335 e. The van der Waals surface area contributed by atoms with E-state index in [1.54, 1.807) is 24.3 Å². The van der Waals surface area contributed by atoms with Gasteiger partial charge >= 0.3 is 5.97 Å². The molecule has 1 atom stereocenters. The Morgan fingerprint density at radius 3 is 2.26 bits per heavy atom. The van der Waals surface area contributed by atoms with Crippen LogP contribution in [0.4, 0.5) is 0 Å². The van der Waals surface area contributed by atoms with Crippen molar-refractivity contribution in [3.8, 4) is 0 Å². The Hall–Kier alpha value is -2.75. The molecule has 1 heterocycles. The standard InChI is InChI=1S/C27H24INO4S/c1-18-13-15-21(16-14-18)34(31,32)29-17-24(28)25(20-9-5-4-6-10-20)22-11-7-8-12-23(22)26(29)19(2)27(30)33-3/h4-16,26H,2,17H2,1,3H3/t26-/m0/s1. The molecule has 0 fully saturated rings. The number of esters is 1. The Kier molecular flexibility index (Phi) is 7.06. The van der Waals surface area contributed by atoms with Gasteiger partial charge in [-0.05, 0) is 63.9 Å². The van der Waals surface area contributed by atoms with Crippen LogP contribution >= 0.6 is 22.6 Å². The van der Waals surface area contributed by atoms with Gasteiger partial charge in [0.2, 0.25) is 10.0 Å². The van der Waals surface area contributed by atoms with Crippen LogP contribution < -0.4 is 0 Å². The number of ether oxygens (including phenoxy) is 1. The van der Waals surface area contributed by atoms with Crippen LogP contribution in [-0.2, 0) is 19.6 Å². The highest BCUT2D eigenvalue weighted by atomic mass is 127. The number of sulfonamides is 1. The molecule has 0 amide bonds. The van der Waals surface area contributed by atoms with E-state index in [-0.39, 0.29) is 17.0 Å². The largest absolute Gasteiger partial charge is 0.466 e. The average Bonchev–Trinajstić information content (AvgIpc) is 2.98. The molecule has 7 heteroatoms. The summed E-state index contributed by atoms with van der Waals surface area (Å²) >= 11 is 2.21. The molecule has 0 radical (unpaired) electrons. The summed E-state index contributed by atoms with van der Waals surface area (Å²) in [4.78, 5) is 12.8. The molecule has 0 N–H and O–H groups in total. The normalized spacial score (nSPS) is 16.5. The second-order valence-corrected chi connectivity index (χ2v) is 11.2. The zero-order chi connectivity index (χ0) is 24.5. The quantitative estimate of drug-likeness (QED) is 0.220. The van der Waals surface area contributed by atoms with Crippen molar-refractivity contribution in [1.29, 1.82) is 0 Å². The number of methoxy groups -OCH3 is 1. The molecule has 3 aromatic rings. The second-order valence-electron chi connectivity index (χ2n) is 8.02. The lowest BCUT2D eigenvalue weighted by Gasteiger charge is -2.31. The van der Waals surface area contributed by atoms with Gasteiger partial charge in [-0.2, -0.15) is 4.31 Å². The molecule has 0 spiro atoms. The number of nitrogens with zero attached hydrogens (tertiary/aromatic N) is 1. The van der Waals surface area contributed by atoms with Crippen molar-refractivity contribution in [1.82, 2.24) is 4.31 Å². The molecule has 4 rings (SSSR count). The maximum absolute atomic E-state index is 14.0. The number of carbonyl (C=O) groups excluding carboxylic acids is 1. The van der Waals surface area contributed by atoms with Gasteiger partial charge in [0.05, 0.1) is 23.6 Å². The summed E-state index contributed by atoms with van der Waals surface area (Å²) in [5.74, 6) is -0.651. The molecular weight excluding hydrogens is 561 g/mol. The van der Waals surface area contributed by atoms with Crippen molar-refractivity contribution in [2.75, 3.05) is 13.7 Å². The monoisotopic (exact) mass is 585 g/mol. The number of hydrogen-bond donors (Lipinski definition) is 0. The highest BCUT2D eigenvalue weighted by Crippen LogP contribution is 2.44. The number of hydrogen-bond acceptors (Lipinski definition) is 4. The van der Waals surface area contributed by atoms with E-state index in [0.29, 0.717) is 5.56 Å². The first kappa shape index (κ1) is 24.4. The number of fused-ring (bicyclic) bond motifs is 1. The third-order valence-electron chi connectivity index (χ3n) is 5.85. The molecule has 0 aromatic heterocycles. The molecule has 0 aliphatic carbocycles. The number of aryl methyl sites for hydroxylation is 1. The van der Waals surface area contributed by atoms with E-state index in [2.05, 4.69) is 29.2 Å². The number of halogens is 1. The first-order chi connectivity index (χ1) is 16.3. The van der Waals surface area contributed by atoms with Gasteiger partial charge < -0.3 is 4.74 Å². The molecule has 0 saturated heterocycles. The lowest BCUT2D eigenvalue weighted by molar-refractivity contribution is -0.136. The predicted octanol–water partition coefficient (Wildman–Crippen LogP) is 5.66. The van der Waals surface area contributed by atoms with Crippen LogP contribution in [0.25, 0.3) is 5.57 Å². The van der Waals surface area contributed by atoms with Gasteiger partial charge in [-0.1, -0.05) is 78.9 Å². The van der Waals surface area contributed by atoms with E-state index in [0.717, 1.165) is 25.8 Å². The molecule has 3 aromatic carbocycles. The van der Waals surface area contributed by atoms with Gasteiger partial charge in [0.1, 0.15) is 0 Å². The number of rotatable bonds is 5. The van der Waals surface area contributed by atoms with Crippen LogP contribution in [0.1, 0.15) is 28.3 Å². The van der Waals surface area contributed by atoms with E-state index in [9.17, 15) is 13.2 Å². The lowest BCUT2D eigenvalue weighted by Crippen LogP contribution is -2.37. The van der Waals surface area contributed by atoms with Crippen LogP contribution in [0, 0.1) is 6.92 Å². The SMILES string of the molecule is C=C(C(=O)OC)[C@H]1c2ccccc2C(c2ccccc2)=C(I)CN1S(=O)(=O)c1ccc(C)cc1. The summed E-state index contributed by atoms with van der Waals surface area (Å²) in [6.07, 6.45) is 0. The Bertz CT molecular complexity index is 1380. The lowest BCUT2D eigenvalue weighted by atomic mass is 9.89. The molecule has 1 aliphatic heterocycles. The van der Waals surface area contributed by atoms with E-state index in [1.807, 2.05) is 61.5 Å². The van der Waals surface area contributed by atoms with Crippen molar-refractivity contribution in [3.63, 3.8) is 0 Å². The highest BCUT2D eigenvalue weighted by molar-refractivity contribution is 14.1. The van der Waals surface area contributed by atoms with Gasteiger partial charge in [-0.25, -0.2) is 13.2 Å². The van der Waals surface area contributed by atoms with Crippen molar-refractivity contribution in [3.05, 3.63) is 117 Å². The maximum atomic E-state index is 14.0. The summed E-state index contributed by atoms with van der Waals surface area (Å²) < 4.78 is 35.1. The molecular formula is C27H24INO4S. The van der Waals surface area contributed by atoms with Gasteiger partial charge in [-0.3, -0.25) is 0 Å². The molecule has 5 nitrogen and oxygen atoms in total. The van der Waals surface area contributed by atoms with Crippen LogP contribution in [0.2, 0.25) is 0 Å². The minimum absolute atomic E-state index is 0.0594.